The minimum Gasteiger partial charge on any atom is -0.297 e. The first-order valence-corrected chi connectivity index (χ1v) is 6.91. The third kappa shape index (κ3) is 4.61. The molecular weight excluding hydrogens is 220 g/mol. The van der Waals surface area contributed by atoms with Crippen molar-refractivity contribution in [1.82, 2.24) is 4.90 Å². The van der Waals surface area contributed by atoms with Crippen molar-refractivity contribution >= 4 is 6.21 Å². The number of rotatable bonds is 8. The fourth-order valence-corrected chi connectivity index (χ4v) is 2.29. The van der Waals surface area contributed by atoms with Gasteiger partial charge in [-0.1, -0.05) is 45.6 Å². The molecule has 0 saturated heterocycles. The summed E-state index contributed by atoms with van der Waals surface area (Å²) in [5.41, 5.74) is 2.31. The van der Waals surface area contributed by atoms with Gasteiger partial charge in [0.2, 0.25) is 0 Å². The van der Waals surface area contributed by atoms with Crippen molar-refractivity contribution < 1.29 is 0 Å². The first-order chi connectivity index (χ1) is 8.69. The molecule has 0 aromatic carbocycles. The van der Waals surface area contributed by atoms with E-state index in [0.717, 1.165) is 25.2 Å². The normalized spacial score (nSPS) is 15.4. The molecule has 2 nitrogen and oxygen atoms in total. The van der Waals surface area contributed by atoms with Crippen LogP contribution in [-0.4, -0.2) is 30.2 Å². The van der Waals surface area contributed by atoms with Crippen LogP contribution < -0.4 is 0 Å². The summed E-state index contributed by atoms with van der Waals surface area (Å²) in [6, 6.07) is 0.410. The molecule has 0 bridgehead atoms. The minimum absolute atomic E-state index is 0.410. The number of allylic oxidation sites excluding steroid dienone is 3. The van der Waals surface area contributed by atoms with Gasteiger partial charge in [0.15, 0.2) is 0 Å². The smallest absolute Gasteiger partial charge is 0.0630 e. The van der Waals surface area contributed by atoms with E-state index in [9.17, 15) is 0 Å². The Balaban J connectivity index is 5.43. The fourth-order valence-electron chi connectivity index (χ4n) is 2.29. The highest BCUT2D eigenvalue weighted by Crippen LogP contribution is 2.23. The van der Waals surface area contributed by atoms with Crippen LogP contribution in [0.15, 0.2) is 41.1 Å². The molecular formula is C16H28N2. The van der Waals surface area contributed by atoms with Gasteiger partial charge >= 0.3 is 0 Å². The van der Waals surface area contributed by atoms with Crippen LogP contribution in [0.1, 0.15) is 41.0 Å². The Labute approximate surface area is 113 Å². The Morgan fingerprint density at radius 3 is 2.17 bits per heavy atom. The van der Waals surface area contributed by atoms with Crippen LogP contribution in [0.2, 0.25) is 0 Å². The van der Waals surface area contributed by atoms with E-state index in [-0.39, 0.29) is 0 Å². The second kappa shape index (κ2) is 9.84. The van der Waals surface area contributed by atoms with Gasteiger partial charge in [-0.25, -0.2) is 0 Å². The van der Waals surface area contributed by atoms with E-state index in [1.807, 2.05) is 26.1 Å². The molecule has 0 radical (unpaired) electrons. The summed E-state index contributed by atoms with van der Waals surface area (Å²) in [6.07, 6.45) is 8.95. The number of nitrogens with zero attached hydrogens (tertiary/aromatic N) is 2. The average molecular weight is 248 g/mol. The zero-order valence-corrected chi connectivity index (χ0v) is 12.6. The lowest BCUT2D eigenvalue weighted by atomic mass is 9.98. The molecule has 0 aromatic rings. The van der Waals surface area contributed by atoms with Crippen molar-refractivity contribution in [2.75, 3.05) is 13.1 Å². The summed E-state index contributed by atoms with van der Waals surface area (Å²) in [4.78, 5) is 6.94. The third-order valence-corrected chi connectivity index (χ3v) is 3.13. The second-order valence-electron chi connectivity index (χ2n) is 4.06. The molecule has 0 N–H and O–H groups in total. The van der Waals surface area contributed by atoms with Crippen LogP contribution in [0.3, 0.4) is 0 Å². The monoisotopic (exact) mass is 248 g/mol. The fraction of sp³-hybridized carbons (Fsp3) is 0.562. The van der Waals surface area contributed by atoms with Crippen molar-refractivity contribution in [2.24, 2.45) is 4.99 Å². The van der Waals surface area contributed by atoms with Gasteiger partial charge < -0.3 is 0 Å². The summed E-state index contributed by atoms with van der Waals surface area (Å²) < 4.78 is 0. The molecule has 0 spiro atoms. The van der Waals surface area contributed by atoms with Crippen molar-refractivity contribution in [3.05, 3.63) is 36.1 Å². The van der Waals surface area contributed by atoms with Gasteiger partial charge in [-0.2, -0.15) is 0 Å². The Morgan fingerprint density at radius 1 is 1.22 bits per heavy atom. The first kappa shape index (κ1) is 16.9. The summed E-state index contributed by atoms with van der Waals surface area (Å²) in [5.74, 6) is 0. The Morgan fingerprint density at radius 2 is 1.83 bits per heavy atom. The Hall–Kier alpha value is -1.15. The van der Waals surface area contributed by atoms with Crippen molar-refractivity contribution in [3.8, 4) is 0 Å². The molecule has 2 heteroatoms. The third-order valence-electron chi connectivity index (χ3n) is 3.13. The molecule has 0 heterocycles. The first-order valence-electron chi connectivity index (χ1n) is 6.91. The van der Waals surface area contributed by atoms with E-state index < -0.39 is 0 Å². The molecule has 0 aliphatic carbocycles. The van der Waals surface area contributed by atoms with E-state index >= 15 is 0 Å². The molecule has 0 saturated carbocycles. The van der Waals surface area contributed by atoms with Crippen LogP contribution in [0, 0.1) is 0 Å². The quantitative estimate of drug-likeness (QED) is 0.464. The van der Waals surface area contributed by atoms with Crippen molar-refractivity contribution in [2.45, 2.75) is 47.1 Å². The maximum atomic E-state index is 4.47. The zero-order valence-electron chi connectivity index (χ0n) is 12.6. The highest BCUT2D eigenvalue weighted by Gasteiger charge is 2.20. The van der Waals surface area contributed by atoms with Crippen LogP contribution in [0.4, 0.5) is 0 Å². The van der Waals surface area contributed by atoms with Crippen LogP contribution in [0.5, 0.6) is 0 Å². The van der Waals surface area contributed by atoms with Crippen LogP contribution in [0.25, 0.3) is 0 Å². The topological polar surface area (TPSA) is 15.6 Å². The molecule has 1 unspecified atom stereocenters. The Kier molecular flexibility index (Phi) is 9.21. The highest BCUT2D eigenvalue weighted by atomic mass is 15.1. The van der Waals surface area contributed by atoms with Crippen molar-refractivity contribution in [1.29, 1.82) is 0 Å². The van der Waals surface area contributed by atoms with Crippen molar-refractivity contribution in [3.63, 3.8) is 0 Å². The summed E-state index contributed by atoms with van der Waals surface area (Å²) >= 11 is 0. The van der Waals surface area contributed by atoms with Gasteiger partial charge in [-0.3, -0.25) is 9.89 Å². The van der Waals surface area contributed by atoms with E-state index in [1.54, 1.807) is 0 Å². The average Bonchev–Trinajstić information content (AvgIpc) is 2.40. The molecule has 0 aliphatic heterocycles. The van der Waals surface area contributed by atoms with E-state index in [0.29, 0.717) is 6.04 Å². The van der Waals surface area contributed by atoms with Gasteiger partial charge in [0.1, 0.15) is 0 Å². The summed E-state index contributed by atoms with van der Waals surface area (Å²) in [5, 5.41) is 0. The van der Waals surface area contributed by atoms with E-state index in [2.05, 4.69) is 49.4 Å². The predicted octanol–water partition coefficient (Wildman–Crippen LogP) is 4.21. The zero-order chi connectivity index (χ0) is 14.0. The maximum absolute atomic E-state index is 4.47. The SMILES string of the molecule is C=C\C=C(C(=C\C)/N=C/C)\C(CC)N(CC)CC. The molecule has 0 rings (SSSR count). The molecule has 0 aliphatic rings. The Bertz CT molecular complexity index is 320. The maximum Gasteiger partial charge on any atom is 0.0630 e. The molecule has 0 amide bonds. The van der Waals surface area contributed by atoms with E-state index in [4.69, 9.17) is 0 Å². The molecule has 102 valence electrons. The van der Waals surface area contributed by atoms with Gasteiger partial charge in [-0.15, -0.1) is 0 Å². The van der Waals surface area contributed by atoms with Gasteiger partial charge in [0.25, 0.3) is 0 Å². The van der Waals surface area contributed by atoms with Gasteiger partial charge in [0, 0.05) is 12.3 Å². The van der Waals surface area contributed by atoms with E-state index in [1.165, 1.54) is 5.57 Å². The summed E-state index contributed by atoms with van der Waals surface area (Å²) in [6.45, 7) is 16.6. The number of hydrogen-bond acceptors (Lipinski definition) is 2. The second-order valence-corrected chi connectivity index (χ2v) is 4.06. The lowest BCUT2D eigenvalue weighted by Gasteiger charge is -2.31. The van der Waals surface area contributed by atoms with Gasteiger partial charge in [-0.05, 0) is 38.9 Å². The number of hydrogen-bond donors (Lipinski definition) is 0. The molecule has 1 atom stereocenters. The minimum atomic E-state index is 0.410. The predicted molar refractivity (Wildman–Crippen MR) is 83.2 cm³/mol. The van der Waals surface area contributed by atoms with Crippen LogP contribution in [-0.2, 0) is 0 Å². The van der Waals surface area contributed by atoms with Gasteiger partial charge in [0.05, 0.1) is 5.70 Å². The number of aliphatic imine (C=N–C) groups is 1. The lowest BCUT2D eigenvalue weighted by Crippen LogP contribution is -2.36. The standard InChI is InChI=1S/C16H28N2/c1-7-13-14(15(8-2)17-10-4)16(9-3)18(11-5)12-6/h7-8,10,13,16H,1,9,11-12H2,2-6H3/b14-13+,15-8+,17-10+. The number of likely N-dealkylation sites (N-methyl/N-ethyl adjacent to an activating group) is 1. The highest BCUT2D eigenvalue weighted by molar-refractivity contribution is 5.57. The molecule has 18 heavy (non-hydrogen) atoms. The lowest BCUT2D eigenvalue weighted by molar-refractivity contribution is 0.240. The molecule has 0 aromatic heterocycles. The molecule has 0 fully saturated rings. The summed E-state index contributed by atoms with van der Waals surface area (Å²) in [7, 11) is 0. The largest absolute Gasteiger partial charge is 0.297 e. The van der Waals surface area contributed by atoms with Crippen LogP contribution >= 0.6 is 0 Å².